The van der Waals surface area contributed by atoms with Crippen molar-refractivity contribution in [1.82, 2.24) is 0 Å². The summed E-state index contributed by atoms with van der Waals surface area (Å²) in [7, 11) is -20.6. The van der Waals surface area contributed by atoms with Gasteiger partial charge in [0.05, 0.1) is 31.0 Å². The molecule has 0 saturated carbocycles. The average Bonchev–Trinajstić information content (AvgIpc) is 3.13. The van der Waals surface area contributed by atoms with E-state index in [2.05, 4.69) is 0 Å². The van der Waals surface area contributed by atoms with Gasteiger partial charge in [0, 0.05) is 20.1 Å². The molecule has 7 rings (SSSR count). The van der Waals surface area contributed by atoms with Crippen LogP contribution in [0.4, 0.5) is 11.4 Å². The maximum atomic E-state index is 14.8. The van der Waals surface area contributed by atoms with Gasteiger partial charge < -0.3 is 0 Å². The first-order valence-corrected chi connectivity index (χ1v) is 23.3. The van der Waals surface area contributed by atoms with Crippen molar-refractivity contribution in [3.8, 4) is 0 Å². The Labute approximate surface area is 343 Å². The van der Waals surface area contributed by atoms with Crippen LogP contribution in [0, 0.1) is 0 Å². The summed E-state index contributed by atoms with van der Waals surface area (Å²) >= 11 is 24.6. The first kappa shape index (κ1) is 39.8. The highest BCUT2D eigenvalue weighted by Gasteiger charge is 2.41. The van der Waals surface area contributed by atoms with Crippen LogP contribution in [0.15, 0.2) is 165 Å². The summed E-state index contributed by atoms with van der Waals surface area (Å²) in [6.07, 6.45) is 0. The van der Waals surface area contributed by atoms with Crippen molar-refractivity contribution in [2.45, 2.75) is 19.6 Å². The Kier molecular flexibility index (Phi) is 10.6. The van der Waals surface area contributed by atoms with Crippen molar-refractivity contribution >= 4 is 119 Å². The van der Waals surface area contributed by atoms with Crippen molar-refractivity contribution in [1.29, 1.82) is 0 Å². The third-order valence-corrected chi connectivity index (χ3v) is 17.6. The van der Waals surface area contributed by atoms with E-state index in [1.165, 1.54) is 48.5 Å². The lowest BCUT2D eigenvalue weighted by atomic mass is 10.1. The molecule has 0 saturated heterocycles. The lowest BCUT2D eigenvalue weighted by Gasteiger charge is -2.28. The van der Waals surface area contributed by atoms with E-state index in [0.717, 1.165) is 48.5 Å². The third kappa shape index (κ3) is 7.43. The number of benzene rings is 7. The smallest absolute Gasteiger partial charge is 0.200 e. The monoisotopic (exact) mass is 904 g/mol. The second-order valence-electron chi connectivity index (χ2n) is 12.2. The molecule has 18 heteroatoms. The number of rotatable bonds is 10. The molecule has 0 bridgehead atoms. The predicted molar refractivity (Wildman–Crippen MR) is 221 cm³/mol. The summed E-state index contributed by atoms with van der Waals surface area (Å²) in [4.78, 5) is -2.18. The van der Waals surface area contributed by atoms with Gasteiger partial charge in [-0.05, 0) is 100 Å². The Balaban J connectivity index is 1.50. The van der Waals surface area contributed by atoms with E-state index in [9.17, 15) is 33.7 Å². The molecule has 0 aromatic heterocycles. The molecular formula is C38H24Cl4N2O8S4. The molecule has 0 atom stereocenters. The molecule has 0 aliphatic rings. The second-order valence-corrected chi connectivity index (χ2v) is 21.5. The first-order valence-electron chi connectivity index (χ1n) is 16.0. The average molecular weight is 907 g/mol. The van der Waals surface area contributed by atoms with E-state index in [0.29, 0.717) is 21.5 Å². The van der Waals surface area contributed by atoms with E-state index >= 15 is 0 Å². The van der Waals surface area contributed by atoms with Gasteiger partial charge in [-0.3, -0.25) is 0 Å². The van der Waals surface area contributed by atoms with Crippen molar-refractivity contribution in [3.05, 3.63) is 166 Å². The molecule has 0 amide bonds. The fourth-order valence-electron chi connectivity index (χ4n) is 5.93. The molecule has 56 heavy (non-hydrogen) atoms. The van der Waals surface area contributed by atoms with Crippen molar-refractivity contribution in [2.75, 3.05) is 7.42 Å². The molecule has 0 fully saturated rings. The summed E-state index contributed by atoms with van der Waals surface area (Å²) in [5.41, 5.74) is -1.32. The highest BCUT2D eigenvalue weighted by Crippen LogP contribution is 2.39. The van der Waals surface area contributed by atoms with Gasteiger partial charge in [0.2, 0.25) is 0 Å². The molecule has 7 aromatic rings. The van der Waals surface area contributed by atoms with E-state index in [1.807, 2.05) is 0 Å². The molecule has 0 unspecified atom stereocenters. The summed E-state index contributed by atoms with van der Waals surface area (Å²) in [5, 5.41) is 1.70. The zero-order chi connectivity index (χ0) is 40.2. The molecule has 10 nitrogen and oxygen atoms in total. The molecule has 0 N–H and O–H groups in total. The molecule has 0 radical (unpaired) electrons. The molecule has 286 valence electrons. The molecule has 0 heterocycles. The van der Waals surface area contributed by atoms with Crippen LogP contribution >= 0.6 is 46.4 Å². The zero-order valence-electron chi connectivity index (χ0n) is 28.2. The molecular weight excluding hydrogens is 883 g/mol. The van der Waals surface area contributed by atoms with E-state index in [4.69, 9.17) is 46.4 Å². The van der Waals surface area contributed by atoms with Gasteiger partial charge >= 0.3 is 0 Å². The van der Waals surface area contributed by atoms with Crippen LogP contribution in [0.3, 0.4) is 0 Å². The number of halogens is 4. The zero-order valence-corrected chi connectivity index (χ0v) is 34.5. The number of fused-ring (bicyclic) bond motifs is 2. The minimum Gasteiger partial charge on any atom is -0.200 e. The van der Waals surface area contributed by atoms with Gasteiger partial charge in [-0.1, -0.05) is 113 Å². The summed E-state index contributed by atoms with van der Waals surface area (Å²) in [6, 6.07) is 32.1. The van der Waals surface area contributed by atoms with Crippen LogP contribution in [0.5, 0.6) is 0 Å². The fourth-order valence-corrected chi connectivity index (χ4v) is 14.8. The highest BCUT2D eigenvalue weighted by atomic mass is 35.5. The van der Waals surface area contributed by atoms with Crippen LogP contribution in [0.1, 0.15) is 0 Å². The first-order chi connectivity index (χ1) is 26.4. The summed E-state index contributed by atoms with van der Waals surface area (Å²) in [5.74, 6) is 0. The van der Waals surface area contributed by atoms with Crippen LogP contribution in [-0.4, -0.2) is 33.7 Å². The molecule has 0 aliphatic carbocycles. The van der Waals surface area contributed by atoms with Gasteiger partial charge in [-0.15, -0.1) is 0 Å². The van der Waals surface area contributed by atoms with Gasteiger partial charge in [0.25, 0.3) is 40.1 Å². The maximum absolute atomic E-state index is 14.8. The summed E-state index contributed by atoms with van der Waals surface area (Å²) in [6.45, 7) is 0. The Bertz CT molecular complexity index is 2950. The molecule has 0 spiro atoms. The normalized spacial score (nSPS) is 12.5. The molecule has 0 aliphatic heterocycles. The van der Waals surface area contributed by atoms with Crippen LogP contribution in [0.2, 0.25) is 20.1 Å². The third-order valence-electron chi connectivity index (χ3n) is 8.43. The summed E-state index contributed by atoms with van der Waals surface area (Å²) < 4.78 is 117. The van der Waals surface area contributed by atoms with E-state index in [1.54, 1.807) is 48.5 Å². The van der Waals surface area contributed by atoms with Crippen molar-refractivity contribution < 1.29 is 33.7 Å². The van der Waals surface area contributed by atoms with Gasteiger partial charge in [0.1, 0.15) is 0 Å². The van der Waals surface area contributed by atoms with E-state index in [-0.39, 0.29) is 27.5 Å². The van der Waals surface area contributed by atoms with Gasteiger partial charge in [0.15, 0.2) is 0 Å². The Morgan fingerprint density at radius 2 is 0.625 bits per heavy atom. The van der Waals surface area contributed by atoms with Gasteiger partial charge in [-0.2, -0.15) is 7.42 Å². The standard InChI is InChI=1S/C38H24Cl4N2O8S4/c39-29-18-30(40)21-37(20-29)55(49,50)44(56(51,52)38-22-31(41)19-32(42)23-38)34-11-5-10-33(24-34)43(53(45,46)35-14-12-25-6-1-3-8-27(25)16-35)54(47,48)36-15-13-26-7-2-4-9-28(26)17-36/h1-24H. The van der Waals surface area contributed by atoms with Crippen LogP contribution in [0.25, 0.3) is 21.5 Å². The number of hydrogen-bond acceptors (Lipinski definition) is 8. The largest absolute Gasteiger partial charge is 0.277 e. The number of nitrogens with zero attached hydrogens (tertiary/aromatic N) is 2. The SMILES string of the molecule is O=S(=O)(c1cc(Cl)cc(Cl)c1)N(c1cccc(N(S(=O)(=O)c2ccc3ccccc3c2)S(=O)(=O)c2ccc3ccccc3c2)c1)S(=O)(=O)c1cc(Cl)cc(Cl)c1. The highest BCUT2D eigenvalue weighted by molar-refractivity contribution is 8.11. The number of sulfonamides is 4. The fraction of sp³-hybridized carbons (Fsp3) is 0. The lowest BCUT2D eigenvalue weighted by Crippen LogP contribution is -2.39. The number of anilines is 2. The Morgan fingerprint density at radius 3 is 0.982 bits per heavy atom. The maximum Gasteiger partial charge on any atom is 0.277 e. The Hall–Kier alpha value is -4.38. The topological polar surface area (TPSA) is 143 Å². The van der Waals surface area contributed by atoms with Crippen molar-refractivity contribution in [3.63, 3.8) is 0 Å². The lowest BCUT2D eigenvalue weighted by molar-refractivity contribution is 0.581. The van der Waals surface area contributed by atoms with Crippen LogP contribution in [-0.2, 0) is 40.1 Å². The van der Waals surface area contributed by atoms with Crippen LogP contribution < -0.4 is 7.42 Å². The Morgan fingerprint density at radius 1 is 0.304 bits per heavy atom. The molecule has 7 aromatic carbocycles. The van der Waals surface area contributed by atoms with Gasteiger partial charge in [-0.25, -0.2) is 33.7 Å². The quantitative estimate of drug-likeness (QED) is 0.132. The van der Waals surface area contributed by atoms with E-state index < -0.39 is 71.0 Å². The second kappa shape index (κ2) is 14.8. The predicted octanol–water partition coefficient (Wildman–Crippen LogP) is 9.77. The minimum atomic E-state index is -5.22. The number of hydrogen-bond donors (Lipinski definition) is 0. The minimum absolute atomic E-state index is 0.00302. The van der Waals surface area contributed by atoms with Crippen molar-refractivity contribution in [2.24, 2.45) is 0 Å².